The number of nitrogens with one attached hydrogen (secondary N) is 1. The Morgan fingerprint density at radius 1 is 1.36 bits per heavy atom. The Kier molecular flexibility index (Phi) is 3.96. The van der Waals surface area contributed by atoms with E-state index < -0.39 is 0 Å². The van der Waals surface area contributed by atoms with Gasteiger partial charge in [0.15, 0.2) is 16.6 Å². The van der Waals surface area contributed by atoms with E-state index >= 15 is 0 Å². The van der Waals surface area contributed by atoms with Crippen LogP contribution < -0.4 is 5.32 Å². The van der Waals surface area contributed by atoms with Gasteiger partial charge in [0.05, 0.1) is 6.04 Å². The molecule has 0 aliphatic heterocycles. The van der Waals surface area contributed by atoms with Gasteiger partial charge in [-0.25, -0.2) is 0 Å². The molecule has 0 bridgehead atoms. The van der Waals surface area contributed by atoms with Gasteiger partial charge < -0.3 is 5.32 Å². The predicted molar refractivity (Wildman–Crippen MR) is 86.0 cm³/mol. The van der Waals surface area contributed by atoms with E-state index in [0.717, 1.165) is 11.5 Å². The van der Waals surface area contributed by atoms with E-state index in [0.29, 0.717) is 10.6 Å². The molecule has 0 aliphatic carbocycles. The molecule has 3 aromatic heterocycles. The van der Waals surface area contributed by atoms with E-state index in [1.54, 1.807) is 0 Å². The van der Waals surface area contributed by atoms with Crippen molar-refractivity contribution in [1.29, 1.82) is 5.26 Å². The van der Waals surface area contributed by atoms with Crippen LogP contribution in [-0.4, -0.2) is 19.0 Å². The summed E-state index contributed by atoms with van der Waals surface area (Å²) in [5, 5.41) is 21.9. The summed E-state index contributed by atoms with van der Waals surface area (Å²) >= 11 is 7.11. The number of aromatic nitrogens is 4. The number of nitriles is 1. The van der Waals surface area contributed by atoms with Crippen molar-refractivity contribution in [3.63, 3.8) is 0 Å². The molecule has 0 aliphatic rings. The van der Waals surface area contributed by atoms with E-state index in [1.807, 2.05) is 28.8 Å². The van der Waals surface area contributed by atoms with Gasteiger partial charge in [0.1, 0.15) is 16.6 Å². The first kappa shape index (κ1) is 14.8. The number of pyridine rings is 1. The molecule has 0 amide bonds. The minimum Gasteiger partial charge on any atom is -0.364 e. The van der Waals surface area contributed by atoms with Gasteiger partial charge in [-0.05, 0) is 29.6 Å². The second-order valence-electron chi connectivity index (χ2n) is 5.14. The van der Waals surface area contributed by atoms with Crippen LogP contribution in [0.25, 0.3) is 5.65 Å². The number of halogens is 1. The van der Waals surface area contributed by atoms with Crippen molar-refractivity contribution < 1.29 is 0 Å². The highest BCUT2D eigenvalue weighted by molar-refractivity contribution is 7.10. The molecule has 3 rings (SSSR count). The van der Waals surface area contributed by atoms with Gasteiger partial charge in [0.2, 0.25) is 0 Å². The third-order valence-electron chi connectivity index (χ3n) is 3.33. The van der Waals surface area contributed by atoms with Crippen LogP contribution in [0, 0.1) is 17.2 Å². The van der Waals surface area contributed by atoms with Crippen LogP contribution in [0.5, 0.6) is 0 Å². The molecule has 1 N–H and O–H groups in total. The summed E-state index contributed by atoms with van der Waals surface area (Å²) in [6.45, 7) is 4.16. The van der Waals surface area contributed by atoms with E-state index in [2.05, 4.69) is 39.8 Å². The molecule has 6 nitrogen and oxygen atoms in total. The average Bonchev–Trinajstić information content (AvgIpc) is 3.08. The third-order valence-corrected chi connectivity index (χ3v) is 4.49. The van der Waals surface area contributed by atoms with Gasteiger partial charge in [-0.3, -0.25) is 4.40 Å². The Hall–Kier alpha value is -2.17. The van der Waals surface area contributed by atoms with Gasteiger partial charge in [-0.15, -0.1) is 10.2 Å². The van der Waals surface area contributed by atoms with Crippen molar-refractivity contribution in [3.05, 3.63) is 40.9 Å². The minimum absolute atomic E-state index is 0.110. The zero-order valence-electron chi connectivity index (χ0n) is 12.0. The lowest BCUT2D eigenvalue weighted by Crippen LogP contribution is -2.19. The van der Waals surface area contributed by atoms with Crippen LogP contribution >= 0.6 is 23.1 Å². The van der Waals surface area contributed by atoms with Crippen molar-refractivity contribution in [2.24, 2.45) is 5.92 Å². The van der Waals surface area contributed by atoms with Gasteiger partial charge in [-0.1, -0.05) is 31.5 Å². The van der Waals surface area contributed by atoms with E-state index in [1.165, 1.54) is 11.5 Å². The molecule has 22 heavy (non-hydrogen) atoms. The normalized spacial score (nSPS) is 12.5. The Morgan fingerprint density at radius 2 is 2.18 bits per heavy atom. The van der Waals surface area contributed by atoms with Crippen molar-refractivity contribution in [1.82, 2.24) is 19.0 Å². The molecule has 0 radical (unpaired) electrons. The maximum atomic E-state index is 9.20. The van der Waals surface area contributed by atoms with Crippen LogP contribution in [0.4, 0.5) is 5.00 Å². The Bertz CT molecular complexity index is 847. The lowest BCUT2D eigenvalue weighted by atomic mass is 10.0. The SMILES string of the molecule is CC(C)C(Nc1snc(Cl)c1C#N)c1nnc2ccccn12. The zero-order valence-corrected chi connectivity index (χ0v) is 13.6. The van der Waals surface area contributed by atoms with Crippen LogP contribution in [0.1, 0.15) is 31.3 Å². The predicted octanol–water partition coefficient (Wildman–Crippen LogP) is 3.52. The summed E-state index contributed by atoms with van der Waals surface area (Å²) in [4.78, 5) is 0. The molecule has 3 heterocycles. The zero-order chi connectivity index (χ0) is 15.7. The number of fused-ring (bicyclic) bond motifs is 1. The van der Waals surface area contributed by atoms with E-state index in [-0.39, 0.29) is 17.1 Å². The fourth-order valence-electron chi connectivity index (χ4n) is 2.21. The van der Waals surface area contributed by atoms with Crippen molar-refractivity contribution >= 4 is 33.8 Å². The molecule has 8 heteroatoms. The minimum atomic E-state index is -0.110. The second-order valence-corrected chi connectivity index (χ2v) is 6.27. The molecule has 0 saturated heterocycles. The molecule has 112 valence electrons. The Balaban J connectivity index is 2.02. The van der Waals surface area contributed by atoms with Crippen molar-refractivity contribution in [3.8, 4) is 6.07 Å². The lowest BCUT2D eigenvalue weighted by Gasteiger charge is -2.21. The van der Waals surface area contributed by atoms with Gasteiger partial charge >= 0.3 is 0 Å². The summed E-state index contributed by atoms with van der Waals surface area (Å²) < 4.78 is 5.96. The Morgan fingerprint density at radius 3 is 2.91 bits per heavy atom. The first-order valence-electron chi connectivity index (χ1n) is 6.73. The molecular weight excluding hydrogens is 320 g/mol. The summed E-state index contributed by atoms with van der Waals surface area (Å²) in [5.41, 5.74) is 1.15. The smallest absolute Gasteiger partial charge is 0.162 e. The summed E-state index contributed by atoms with van der Waals surface area (Å²) in [7, 11) is 0. The number of rotatable bonds is 4. The number of anilines is 1. The second kappa shape index (κ2) is 5.91. The lowest BCUT2D eigenvalue weighted by molar-refractivity contribution is 0.518. The average molecular weight is 333 g/mol. The molecule has 0 spiro atoms. The van der Waals surface area contributed by atoms with Crippen molar-refractivity contribution in [2.45, 2.75) is 19.9 Å². The fourth-order valence-corrected chi connectivity index (χ4v) is 3.18. The number of hydrogen-bond acceptors (Lipinski definition) is 6. The molecule has 3 aromatic rings. The van der Waals surface area contributed by atoms with Gasteiger partial charge in [0, 0.05) is 6.20 Å². The number of hydrogen-bond donors (Lipinski definition) is 1. The molecule has 0 fully saturated rings. The highest BCUT2D eigenvalue weighted by Crippen LogP contribution is 2.33. The molecule has 1 atom stereocenters. The monoisotopic (exact) mass is 332 g/mol. The van der Waals surface area contributed by atoms with Crippen LogP contribution in [0.3, 0.4) is 0 Å². The van der Waals surface area contributed by atoms with Crippen LogP contribution in [0.2, 0.25) is 5.15 Å². The highest BCUT2D eigenvalue weighted by Gasteiger charge is 2.24. The van der Waals surface area contributed by atoms with Crippen LogP contribution in [0.15, 0.2) is 24.4 Å². The topological polar surface area (TPSA) is 78.9 Å². The summed E-state index contributed by atoms with van der Waals surface area (Å²) in [6.07, 6.45) is 1.92. The maximum absolute atomic E-state index is 9.20. The number of nitrogens with zero attached hydrogens (tertiary/aromatic N) is 5. The van der Waals surface area contributed by atoms with E-state index in [9.17, 15) is 5.26 Å². The third kappa shape index (κ3) is 2.51. The molecule has 0 saturated carbocycles. The molecule has 0 aromatic carbocycles. The molecular formula is C14H13ClN6S. The standard InChI is InChI=1S/C14H13ClN6S/c1-8(2)11(17-14-9(7-16)12(15)20-22-14)13-19-18-10-5-3-4-6-21(10)13/h3-6,8,11,17H,1-2H3. The van der Waals surface area contributed by atoms with Crippen LogP contribution in [-0.2, 0) is 0 Å². The quantitative estimate of drug-likeness (QED) is 0.790. The highest BCUT2D eigenvalue weighted by atomic mass is 35.5. The largest absolute Gasteiger partial charge is 0.364 e. The summed E-state index contributed by atoms with van der Waals surface area (Å²) in [6, 6.07) is 7.72. The molecule has 1 unspecified atom stereocenters. The van der Waals surface area contributed by atoms with Gasteiger partial charge in [0.25, 0.3) is 0 Å². The van der Waals surface area contributed by atoms with Crippen molar-refractivity contribution in [2.75, 3.05) is 5.32 Å². The Labute approximate surface area is 136 Å². The van der Waals surface area contributed by atoms with Gasteiger partial charge in [-0.2, -0.15) is 9.64 Å². The fraction of sp³-hybridized carbons (Fsp3) is 0.286. The van der Waals surface area contributed by atoms with E-state index in [4.69, 9.17) is 11.6 Å². The first-order valence-corrected chi connectivity index (χ1v) is 7.88. The first-order chi connectivity index (χ1) is 10.6. The summed E-state index contributed by atoms with van der Waals surface area (Å²) in [5.74, 6) is 1.03. The maximum Gasteiger partial charge on any atom is 0.162 e.